The lowest BCUT2D eigenvalue weighted by Gasteiger charge is -2.34. The van der Waals surface area contributed by atoms with Crippen LogP contribution in [0.4, 0.5) is 13.2 Å². The summed E-state index contributed by atoms with van der Waals surface area (Å²) in [6.07, 6.45) is -2.89. The van der Waals surface area contributed by atoms with E-state index in [4.69, 9.17) is 0 Å². The molecule has 136 valence electrons. The van der Waals surface area contributed by atoms with Crippen LogP contribution < -0.4 is 5.32 Å². The molecule has 0 unspecified atom stereocenters. The van der Waals surface area contributed by atoms with E-state index in [-0.39, 0.29) is 18.0 Å². The highest BCUT2D eigenvalue weighted by Crippen LogP contribution is 2.29. The van der Waals surface area contributed by atoms with Crippen molar-refractivity contribution in [3.05, 3.63) is 48.0 Å². The van der Waals surface area contributed by atoms with Crippen molar-refractivity contribution in [1.29, 1.82) is 0 Å². The Kier molecular flexibility index (Phi) is 6.19. The van der Waals surface area contributed by atoms with Gasteiger partial charge in [0.1, 0.15) is 0 Å². The van der Waals surface area contributed by atoms with Crippen LogP contribution in [0, 0.1) is 0 Å². The maximum atomic E-state index is 12.8. The molecule has 1 aromatic rings. The first-order valence-electron chi connectivity index (χ1n) is 7.87. The Balaban J connectivity index is 1.91. The fourth-order valence-electron chi connectivity index (χ4n) is 2.57. The van der Waals surface area contributed by atoms with Gasteiger partial charge in [0.2, 0.25) is 5.91 Å². The number of benzene rings is 1. The number of hydrogen-bond acceptors (Lipinski definition) is 3. The van der Waals surface area contributed by atoms with Crippen LogP contribution in [0.2, 0.25) is 0 Å². The van der Waals surface area contributed by atoms with Crippen LogP contribution in [-0.2, 0) is 11.0 Å². The first-order valence-corrected chi connectivity index (χ1v) is 7.87. The molecule has 5 nitrogen and oxygen atoms in total. The first-order chi connectivity index (χ1) is 11.8. The summed E-state index contributed by atoms with van der Waals surface area (Å²) in [5.74, 6) is -0.556. The Hall–Kier alpha value is -2.35. The molecule has 1 N–H and O–H groups in total. The van der Waals surface area contributed by atoms with E-state index in [9.17, 15) is 22.8 Å². The highest BCUT2D eigenvalue weighted by atomic mass is 19.4. The average Bonchev–Trinajstić information content (AvgIpc) is 2.59. The maximum absolute atomic E-state index is 12.8. The number of carbonyl (C=O) groups excluding carboxylic acids is 2. The highest BCUT2D eigenvalue weighted by molar-refractivity contribution is 5.94. The number of amides is 2. The number of hydrogen-bond donors (Lipinski definition) is 1. The van der Waals surface area contributed by atoms with Gasteiger partial charge < -0.3 is 10.2 Å². The Labute approximate surface area is 144 Å². The van der Waals surface area contributed by atoms with Gasteiger partial charge in [-0.2, -0.15) is 13.2 Å². The molecule has 2 amide bonds. The van der Waals surface area contributed by atoms with Gasteiger partial charge in [0.25, 0.3) is 5.91 Å². The third kappa shape index (κ3) is 5.32. The van der Waals surface area contributed by atoms with Crippen molar-refractivity contribution in [2.24, 2.45) is 0 Å². The molecule has 0 aromatic heterocycles. The average molecular weight is 355 g/mol. The number of piperazine rings is 1. The molecule has 1 aliphatic rings. The molecular formula is C17H20F3N3O2. The van der Waals surface area contributed by atoms with Crippen LogP contribution in [0.3, 0.4) is 0 Å². The van der Waals surface area contributed by atoms with Gasteiger partial charge in [-0.1, -0.05) is 12.1 Å². The van der Waals surface area contributed by atoms with Crippen LogP contribution in [0.1, 0.15) is 15.9 Å². The highest BCUT2D eigenvalue weighted by Gasteiger charge is 2.31. The van der Waals surface area contributed by atoms with Gasteiger partial charge in [-0.15, -0.1) is 6.58 Å². The second-order valence-electron chi connectivity index (χ2n) is 5.74. The minimum atomic E-state index is -4.48. The van der Waals surface area contributed by atoms with Crippen molar-refractivity contribution in [3.63, 3.8) is 0 Å². The second kappa shape index (κ2) is 8.15. The van der Waals surface area contributed by atoms with Crippen molar-refractivity contribution < 1.29 is 22.8 Å². The smallest absolute Gasteiger partial charge is 0.352 e. The van der Waals surface area contributed by atoms with Gasteiger partial charge in [0.15, 0.2) is 0 Å². The number of carbonyl (C=O) groups is 2. The molecule has 0 saturated carbocycles. The third-order valence-electron chi connectivity index (χ3n) is 3.91. The maximum Gasteiger partial charge on any atom is 0.416 e. The van der Waals surface area contributed by atoms with E-state index in [1.54, 1.807) is 6.08 Å². The second-order valence-corrected chi connectivity index (χ2v) is 5.74. The number of alkyl halides is 3. The summed E-state index contributed by atoms with van der Waals surface area (Å²) in [6, 6.07) is 4.43. The van der Waals surface area contributed by atoms with Gasteiger partial charge in [-0.3, -0.25) is 14.5 Å². The van der Waals surface area contributed by atoms with Gasteiger partial charge >= 0.3 is 6.18 Å². The standard InChI is InChI=1S/C17H20F3N3O2/c1-2-6-21-15(24)12-22-7-9-23(10-8-22)16(25)13-4-3-5-14(11-13)17(18,19)20/h2-5,11H,1,6-10,12H2,(H,21,24). The Morgan fingerprint density at radius 1 is 1.20 bits per heavy atom. The fraction of sp³-hybridized carbons (Fsp3) is 0.412. The van der Waals surface area contributed by atoms with Crippen LogP contribution in [0.25, 0.3) is 0 Å². The lowest BCUT2D eigenvalue weighted by atomic mass is 10.1. The number of nitrogens with zero attached hydrogens (tertiary/aromatic N) is 2. The molecule has 1 aliphatic heterocycles. The summed E-state index contributed by atoms with van der Waals surface area (Å²) < 4.78 is 38.3. The summed E-state index contributed by atoms with van der Waals surface area (Å²) >= 11 is 0. The van der Waals surface area contributed by atoms with E-state index < -0.39 is 17.6 Å². The van der Waals surface area contributed by atoms with Crippen LogP contribution in [0.15, 0.2) is 36.9 Å². The van der Waals surface area contributed by atoms with Crippen molar-refractivity contribution in [3.8, 4) is 0 Å². The number of nitrogens with one attached hydrogen (secondary N) is 1. The lowest BCUT2D eigenvalue weighted by molar-refractivity contribution is -0.137. The Morgan fingerprint density at radius 3 is 2.48 bits per heavy atom. The monoisotopic (exact) mass is 355 g/mol. The molecule has 0 spiro atoms. The lowest BCUT2D eigenvalue weighted by Crippen LogP contribution is -2.51. The molecule has 0 bridgehead atoms. The van der Waals surface area contributed by atoms with E-state index in [1.807, 2.05) is 4.90 Å². The molecular weight excluding hydrogens is 335 g/mol. The van der Waals surface area contributed by atoms with Crippen molar-refractivity contribution in [1.82, 2.24) is 15.1 Å². The third-order valence-corrected chi connectivity index (χ3v) is 3.91. The van der Waals surface area contributed by atoms with Gasteiger partial charge in [0.05, 0.1) is 12.1 Å². The number of rotatable bonds is 5. The van der Waals surface area contributed by atoms with Crippen molar-refractivity contribution in [2.75, 3.05) is 39.3 Å². The Morgan fingerprint density at radius 2 is 1.88 bits per heavy atom. The van der Waals surface area contributed by atoms with Crippen LogP contribution >= 0.6 is 0 Å². The van der Waals surface area contributed by atoms with Gasteiger partial charge in [-0.05, 0) is 18.2 Å². The molecule has 0 radical (unpaired) electrons. The SMILES string of the molecule is C=CCNC(=O)CN1CCN(C(=O)c2cccc(C(F)(F)F)c2)CC1. The zero-order valence-electron chi connectivity index (χ0n) is 13.7. The van der Waals surface area contributed by atoms with Gasteiger partial charge in [0, 0.05) is 38.3 Å². The summed E-state index contributed by atoms with van der Waals surface area (Å²) in [5.41, 5.74) is -0.817. The Bertz CT molecular complexity index is 638. The summed E-state index contributed by atoms with van der Waals surface area (Å²) in [5, 5.41) is 2.67. The zero-order valence-corrected chi connectivity index (χ0v) is 13.7. The van der Waals surface area contributed by atoms with Crippen molar-refractivity contribution in [2.45, 2.75) is 6.18 Å². The van der Waals surface area contributed by atoms with Crippen LogP contribution in [-0.4, -0.2) is 60.9 Å². The summed E-state index contributed by atoms with van der Waals surface area (Å²) in [4.78, 5) is 27.5. The minimum absolute atomic E-state index is 0.0204. The molecule has 25 heavy (non-hydrogen) atoms. The van der Waals surface area contributed by atoms with E-state index >= 15 is 0 Å². The molecule has 1 saturated heterocycles. The molecule has 0 aliphatic carbocycles. The molecule has 1 fully saturated rings. The molecule has 2 rings (SSSR count). The first kappa shape index (κ1) is 19.0. The summed E-state index contributed by atoms with van der Waals surface area (Å²) in [7, 11) is 0. The molecule has 1 heterocycles. The molecule has 0 atom stereocenters. The topological polar surface area (TPSA) is 52.7 Å². The quantitative estimate of drug-likeness (QED) is 0.819. The predicted octanol–water partition coefficient (Wildman–Crippen LogP) is 1.77. The van der Waals surface area contributed by atoms with Crippen LogP contribution in [0.5, 0.6) is 0 Å². The largest absolute Gasteiger partial charge is 0.416 e. The van der Waals surface area contributed by atoms with Crippen molar-refractivity contribution >= 4 is 11.8 Å². The normalized spacial score (nSPS) is 15.7. The van der Waals surface area contributed by atoms with E-state index in [0.717, 1.165) is 12.1 Å². The molecule has 8 heteroatoms. The predicted molar refractivity (Wildman–Crippen MR) is 87.0 cm³/mol. The van der Waals surface area contributed by atoms with Gasteiger partial charge in [-0.25, -0.2) is 0 Å². The molecule has 1 aromatic carbocycles. The van der Waals surface area contributed by atoms with E-state index in [1.165, 1.54) is 17.0 Å². The number of halogens is 3. The fourth-order valence-corrected chi connectivity index (χ4v) is 2.57. The summed E-state index contributed by atoms with van der Waals surface area (Å²) in [6.45, 7) is 5.85. The minimum Gasteiger partial charge on any atom is -0.352 e. The van der Waals surface area contributed by atoms with E-state index in [2.05, 4.69) is 11.9 Å². The zero-order chi connectivity index (χ0) is 18.4. The van der Waals surface area contributed by atoms with E-state index in [0.29, 0.717) is 32.7 Å².